The van der Waals surface area contributed by atoms with Gasteiger partial charge in [0.15, 0.2) is 0 Å². The second-order valence-electron chi connectivity index (χ2n) is 18.2. The topological polar surface area (TPSA) is 30.2 Å². The highest BCUT2D eigenvalue weighted by molar-refractivity contribution is 8.00. The SMILES string of the molecule is C=S1(=O)c2ccc3cc2CC2(c4ccccc4N(c4ccccc4)c4cccc(c42)/C(C)=C\c2c4c(n-3c2C)C=CCC4)c2cc(-n3c4c(c5ccccc53)C(C)=CCC4)ccc21. The summed E-state index contributed by atoms with van der Waals surface area (Å²) in [7, 11) is -3.04. The van der Waals surface area contributed by atoms with Crippen LogP contribution in [0.25, 0.3) is 45.6 Å². The van der Waals surface area contributed by atoms with E-state index in [1.807, 2.05) is 0 Å². The van der Waals surface area contributed by atoms with E-state index >= 15 is 4.21 Å². The van der Waals surface area contributed by atoms with Gasteiger partial charge in [0.2, 0.25) is 0 Å². The third-order valence-electron chi connectivity index (χ3n) is 14.9. The predicted molar refractivity (Wildman–Crippen MR) is 263 cm³/mol. The molecule has 5 heteroatoms. The third kappa shape index (κ3) is 4.86. The largest absolute Gasteiger partial charge is 0.314 e. The molecule has 0 radical (unpaired) electrons. The van der Waals surface area contributed by atoms with Gasteiger partial charge in [0.1, 0.15) is 0 Å². The lowest BCUT2D eigenvalue weighted by atomic mass is 9.61. The third-order valence-corrected chi connectivity index (χ3v) is 17.1. The molecule has 8 aromatic rings. The van der Waals surface area contributed by atoms with Gasteiger partial charge in [-0.15, -0.1) is 0 Å². The maximum absolute atomic E-state index is 16.3. The van der Waals surface area contributed by atoms with Gasteiger partial charge in [0.05, 0.1) is 22.3 Å². The minimum atomic E-state index is -3.04. The van der Waals surface area contributed by atoms with Crippen molar-refractivity contribution in [2.75, 3.05) is 4.90 Å². The summed E-state index contributed by atoms with van der Waals surface area (Å²) in [6.45, 7) is 6.83. The Labute approximate surface area is 369 Å². The van der Waals surface area contributed by atoms with Crippen molar-refractivity contribution >= 4 is 66.7 Å². The first-order chi connectivity index (χ1) is 30.8. The summed E-state index contributed by atoms with van der Waals surface area (Å²) < 4.78 is 21.2. The van der Waals surface area contributed by atoms with Crippen molar-refractivity contribution in [3.63, 3.8) is 0 Å². The number of hydrogen-bond acceptors (Lipinski definition) is 2. The molecule has 306 valence electrons. The van der Waals surface area contributed by atoms with Gasteiger partial charge in [-0.2, -0.15) is 0 Å². The minimum Gasteiger partial charge on any atom is -0.314 e. The molecule has 2 aliphatic carbocycles. The molecule has 5 heterocycles. The van der Waals surface area contributed by atoms with Gasteiger partial charge < -0.3 is 14.0 Å². The zero-order valence-corrected chi connectivity index (χ0v) is 36.7. The lowest BCUT2D eigenvalue weighted by molar-refractivity contribution is 0.590. The van der Waals surface area contributed by atoms with Gasteiger partial charge >= 0.3 is 0 Å². The van der Waals surface area contributed by atoms with Crippen LogP contribution in [0.5, 0.6) is 0 Å². The van der Waals surface area contributed by atoms with E-state index in [1.165, 1.54) is 72.5 Å². The maximum Gasteiger partial charge on any atom is 0.0552 e. The number of para-hydroxylation sites is 3. The van der Waals surface area contributed by atoms with Crippen molar-refractivity contribution in [2.45, 2.75) is 68.1 Å². The van der Waals surface area contributed by atoms with Crippen LogP contribution >= 0.6 is 0 Å². The summed E-state index contributed by atoms with van der Waals surface area (Å²) in [4.78, 5) is 4.09. The molecule has 0 saturated carbocycles. The van der Waals surface area contributed by atoms with Crippen molar-refractivity contribution in [1.82, 2.24) is 9.13 Å². The molecule has 2 aromatic heterocycles. The minimum absolute atomic E-state index is 0.605. The fourth-order valence-corrected chi connectivity index (χ4v) is 14.3. The molecule has 13 rings (SSSR count). The van der Waals surface area contributed by atoms with Crippen molar-refractivity contribution in [3.05, 3.63) is 207 Å². The molecule has 63 heavy (non-hydrogen) atoms. The van der Waals surface area contributed by atoms with Gasteiger partial charge in [-0.05, 0) is 188 Å². The Bertz CT molecular complexity index is 3540. The standard InChI is InChI=1S/C58H47N3OS/c1-36-16-14-26-52-56(36)45-20-9-12-24-50(45)61(52)42-29-31-55-48(34-42)58-35-39-33-41(28-30-54(39)63(55,4)62)59-38(3)46(44-19-8-11-23-49(44)59)32-37(2)43-21-15-27-53(57(43)58)60(40-17-6-5-7-18-40)51-25-13-10-22-47(51)58/h5-7,9-13,15-18,20-25,27-34H,4,8,14,19,26,35H2,1-3H3/b37-32-. The van der Waals surface area contributed by atoms with Gasteiger partial charge in [0, 0.05) is 64.4 Å². The molecule has 2 atom stereocenters. The molecular formula is C58H47N3OS. The number of rotatable bonds is 2. The Morgan fingerprint density at radius 3 is 2.30 bits per heavy atom. The smallest absolute Gasteiger partial charge is 0.0552 e. The molecule has 1 spiro atoms. The van der Waals surface area contributed by atoms with Crippen LogP contribution in [-0.2, 0) is 34.2 Å². The van der Waals surface area contributed by atoms with Gasteiger partial charge in [-0.25, -0.2) is 0 Å². The lowest BCUT2D eigenvalue weighted by Gasteiger charge is -2.47. The fraction of sp³-hybridized carbons (Fsp3) is 0.155. The summed E-state index contributed by atoms with van der Waals surface area (Å²) in [5, 5.41) is 1.27. The number of fused-ring (bicyclic) bond motifs is 12. The molecule has 4 nitrogen and oxygen atoms in total. The Morgan fingerprint density at radius 1 is 0.667 bits per heavy atom. The summed E-state index contributed by atoms with van der Waals surface area (Å²) in [6.07, 6.45) is 14.0. The van der Waals surface area contributed by atoms with Crippen LogP contribution in [0.15, 0.2) is 155 Å². The number of aromatic nitrogens is 2. The number of allylic oxidation sites excluding steroid dienone is 4. The molecular weight excluding hydrogens is 787 g/mol. The summed E-state index contributed by atoms with van der Waals surface area (Å²) >= 11 is 0. The Balaban J connectivity index is 1.22. The molecule has 3 aliphatic heterocycles. The van der Waals surface area contributed by atoms with E-state index in [9.17, 15) is 0 Å². The second kappa shape index (κ2) is 13.1. The molecule has 0 amide bonds. The second-order valence-corrected chi connectivity index (χ2v) is 20.4. The number of anilines is 3. The first kappa shape index (κ1) is 36.8. The lowest BCUT2D eigenvalue weighted by Crippen LogP contribution is -2.40. The highest BCUT2D eigenvalue weighted by Crippen LogP contribution is 2.61. The molecule has 5 bridgehead atoms. The first-order valence-electron chi connectivity index (χ1n) is 22.4. The van der Waals surface area contributed by atoms with E-state index < -0.39 is 14.9 Å². The summed E-state index contributed by atoms with van der Waals surface area (Å²) in [5.74, 6) is 4.77. The fourth-order valence-electron chi connectivity index (χ4n) is 12.3. The molecule has 0 N–H and O–H groups in total. The van der Waals surface area contributed by atoms with Gasteiger partial charge in [0.25, 0.3) is 0 Å². The normalized spacial score (nSPS) is 20.8. The van der Waals surface area contributed by atoms with E-state index in [0.29, 0.717) is 6.42 Å². The van der Waals surface area contributed by atoms with E-state index in [2.05, 4.69) is 193 Å². The van der Waals surface area contributed by atoms with Gasteiger partial charge in [-0.3, -0.25) is 4.21 Å². The monoisotopic (exact) mass is 833 g/mol. The number of hydrogen-bond donors (Lipinski definition) is 0. The zero-order chi connectivity index (χ0) is 42.4. The predicted octanol–water partition coefficient (Wildman–Crippen LogP) is 13.7. The Morgan fingerprint density at radius 2 is 1.43 bits per heavy atom. The molecule has 5 aliphatic rings. The van der Waals surface area contributed by atoms with Crippen LogP contribution in [0.2, 0.25) is 0 Å². The highest BCUT2D eigenvalue weighted by atomic mass is 32.2. The van der Waals surface area contributed by atoms with Crippen molar-refractivity contribution in [1.29, 1.82) is 0 Å². The van der Waals surface area contributed by atoms with E-state index in [0.717, 1.165) is 75.0 Å². The van der Waals surface area contributed by atoms with Crippen LogP contribution in [0.1, 0.15) is 88.3 Å². The summed E-state index contributed by atoms with van der Waals surface area (Å²) in [6, 6.07) is 49.1. The van der Waals surface area contributed by atoms with E-state index in [-0.39, 0.29) is 0 Å². The summed E-state index contributed by atoms with van der Waals surface area (Å²) in [5.41, 5.74) is 22.1. The Hall–Kier alpha value is -6.82. The highest BCUT2D eigenvalue weighted by Gasteiger charge is 2.51. The van der Waals surface area contributed by atoms with Crippen molar-refractivity contribution in [3.8, 4) is 11.4 Å². The molecule has 2 unspecified atom stereocenters. The quantitative estimate of drug-likeness (QED) is 0.162. The average Bonchev–Trinajstić information content (AvgIpc) is 3.77. The molecule has 0 fully saturated rings. The van der Waals surface area contributed by atoms with Crippen LogP contribution in [0, 0.1) is 6.92 Å². The molecule has 6 aromatic carbocycles. The zero-order valence-electron chi connectivity index (χ0n) is 35.9. The van der Waals surface area contributed by atoms with Crippen molar-refractivity contribution < 1.29 is 4.21 Å². The van der Waals surface area contributed by atoms with Gasteiger partial charge in [-0.1, -0.05) is 78.9 Å². The van der Waals surface area contributed by atoms with Crippen LogP contribution < -0.4 is 4.90 Å². The van der Waals surface area contributed by atoms with Crippen LogP contribution in [0.4, 0.5) is 17.1 Å². The number of nitrogens with zero attached hydrogens (tertiary/aromatic N) is 3. The van der Waals surface area contributed by atoms with Crippen LogP contribution in [-0.4, -0.2) is 19.2 Å². The van der Waals surface area contributed by atoms with Crippen molar-refractivity contribution in [2.24, 2.45) is 0 Å². The Kier molecular flexibility index (Phi) is 7.65. The van der Waals surface area contributed by atoms with E-state index in [4.69, 9.17) is 5.87 Å². The number of benzene rings is 6. The maximum atomic E-state index is 16.3. The van der Waals surface area contributed by atoms with E-state index in [1.54, 1.807) is 0 Å². The molecule has 0 saturated heterocycles. The van der Waals surface area contributed by atoms with Crippen LogP contribution in [0.3, 0.4) is 0 Å². The average molecular weight is 834 g/mol. The first-order valence-corrected chi connectivity index (χ1v) is 24.1.